The van der Waals surface area contributed by atoms with E-state index in [0.717, 1.165) is 6.42 Å². The van der Waals surface area contributed by atoms with Gasteiger partial charge in [0.1, 0.15) is 0 Å². The van der Waals surface area contributed by atoms with Gasteiger partial charge in [0, 0.05) is 25.4 Å². The van der Waals surface area contributed by atoms with Crippen LogP contribution in [0, 0.1) is 5.92 Å². The lowest BCUT2D eigenvalue weighted by Gasteiger charge is -2.12. The lowest BCUT2D eigenvalue weighted by atomic mass is 10.1. The normalized spacial score (nSPS) is 11.9. The molecule has 0 aliphatic carbocycles. The predicted octanol–water partition coefficient (Wildman–Crippen LogP) is 0.0407. The van der Waals surface area contributed by atoms with Crippen molar-refractivity contribution in [1.29, 1.82) is 0 Å². The summed E-state index contributed by atoms with van der Waals surface area (Å²) in [5.74, 6) is -0.414. The standard InChI is InChI=1S/C10H20N2O3/c1-3-8(7-11)10(14)12-6-4-5-9(13)15-2/h8H,3-7,11H2,1-2H3,(H,12,14). The molecule has 88 valence electrons. The van der Waals surface area contributed by atoms with E-state index < -0.39 is 0 Å². The molecule has 0 aromatic rings. The highest BCUT2D eigenvalue weighted by molar-refractivity contribution is 5.78. The highest BCUT2D eigenvalue weighted by atomic mass is 16.5. The van der Waals surface area contributed by atoms with E-state index >= 15 is 0 Å². The van der Waals surface area contributed by atoms with Gasteiger partial charge in [-0.05, 0) is 12.8 Å². The van der Waals surface area contributed by atoms with Crippen molar-refractivity contribution >= 4 is 11.9 Å². The largest absolute Gasteiger partial charge is 0.469 e. The van der Waals surface area contributed by atoms with Gasteiger partial charge >= 0.3 is 5.97 Å². The van der Waals surface area contributed by atoms with Gasteiger partial charge in [-0.25, -0.2) is 0 Å². The number of nitrogens with one attached hydrogen (secondary N) is 1. The number of amides is 1. The molecule has 0 spiro atoms. The number of hydrogen-bond acceptors (Lipinski definition) is 4. The van der Waals surface area contributed by atoms with Gasteiger partial charge in [0.15, 0.2) is 0 Å². The zero-order valence-corrected chi connectivity index (χ0v) is 9.41. The first-order chi connectivity index (χ1) is 7.15. The van der Waals surface area contributed by atoms with Crippen molar-refractivity contribution in [3.63, 3.8) is 0 Å². The number of methoxy groups -OCH3 is 1. The van der Waals surface area contributed by atoms with Gasteiger partial charge in [-0.15, -0.1) is 0 Å². The van der Waals surface area contributed by atoms with Gasteiger partial charge in [-0.2, -0.15) is 0 Å². The maximum Gasteiger partial charge on any atom is 0.305 e. The predicted molar refractivity (Wildman–Crippen MR) is 57.1 cm³/mol. The van der Waals surface area contributed by atoms with E-state index in [-0.39, 0.29) is 17.8 Å². The summed E-state index contributed by atoms with van der Waals surface area (Å²) < 4.78 is 4.48. The topological polar surface area (TPSA) is 81.4 Å². The molecule has 0 aliphatic heterocycles. The Bertz CT molecular complexity index is 203. The molecule has 0 aliphatic rings. The first-order valence-electron chi connectivity index (χ1n) is 5.20. The number of carbonyl (C=O) groups excluding carboxylic acids is 2. The Morgan fingerprint density at radius 2 is 2.13 bits per heavy atom. The molecule has 0 fully saturated rings. The molecule has 1 amide bonds. The van der Waals surface area contributed by atoms with Crippen LogP contribution in [0.4, 0.5) is 0 Å². The average Bonchev–Trinajstić information content (AvgIpc) is 2.25. The van der Waals surface area contributed by atoms with Crippen LogP contribution in [0.3, 0.4) is 0 Å². The van der Waals surface area contributed by atoms with E-state index in [9.17, 15) is 9.59 Å². The number of esters is 1. The Hall–Kier alpha value is -1.10. The van der Waals surface area contributed by atoms with Crippen molar-refractivity contribution in [1.82, 2.24) is 5.32 Å². The first-order valence-corrected chi connectivity index (χ1v) is 5.20. The second-order valence-electron chi connectivity index (χ2n) is 3.31. The van der Waals surface area contributed by atoms with Crippen LogP contribution >= 0.6 is 0 Å². The minimum absolute atomic E-state index is 0.0372. The molecular weight excluding hydrogens is 196 g/mol. The molecule has 0 saturated heterocycles. The third kappa shape index (κ3) is 6.06. The van der Waals surface area contributed by atoms with Gasteiger partial charge in [-0.3, -0.25) is 9.59 Å². The van der Waals surface area contributed by atoms with E-state index in [1.165, 1.54) is 7.11 Å². The smallest absolute Gasteiger partial charge is 0.305 e. The van der Waals surface area contributed by atoms with Gasteiger partial charge < -0.3 is 15.8 Å². The monoisotopic (exact) mass is 216 g/mol. The molecule has 0 rings (SSSR count). The highest BCUT2D eigenvalue weighted by Gasteiger charge is 2.13. The molecule has 1 unspecified atom stereocenters. The molecular formula is C10H20N2O3. The van der Waals surface area contributed by atoms with E-state index in [4.69, 9.17) is 5.73 Å². The van der Waals surface area contributed by atoms with Crippen molar-refractivity contribution in [2.45, 2.75) is 26.2 Å². The third-order valence-electron chi connectivity index (χ3n) is 2.23. The molecule has 0 heterocycles. The van der Waals surface area contributed by atoms with Crippen molar-refractivity contribution < 1.29 is 14.3 Å². The molecule has 5 heteroatoms. The van der Waals surface area contributed by atoms with E-state index in [1.54, 1.807) is 0 Å². The first kappa shape index (κ1) is 13.9. The Morgan fingerprint density at radius 1 is 1.47 bits per heavy atom. The van der Waals surface area contributed by atoms with Crippen molar-refractivity contribution in [3.05, 3.63) is 0 Å². The van der Waals surface area contributed by atoms with Crippen LogP contribution in [0.5, 0.6) is 0 Å². The molecule has 0 saturated carbocycles. The summed E-state index contributed by atoms with van der Waals surface area (Å²) in [6.45, 7) is 2.77. The number of hydrogen-bond donors (Lipinski definition) is 2. The fraction of sp³-hybridized carbons (Fsp3) is 0.800. The van der Waals surface area contributed by atoms with E-state index in [1.807, 2.05) is 6.92 Å². The maximum absolute atomic E-state index is 11.4. The molecule has 0 bridgehead atoms. The summed E-state index contributed by atoms with van der Waals surface area (Å²) in [7, 11) is 1.35. The fourth-order valence-corrected chi connectivity index (χ4v) is 1.15. The quantitative estimate of drug-likeness (QED) is 0.465. The zero-order chi connectivity index (χ0) is 11.7. The Labute approximate surface area is 90.4 Å². The fourth-order valence-electron chi connectivity index (χ4n) is 1.15. The van der Waals surface area contributed by atoms with Gasteiger partial charge in [0.2, 0.25) is 5.91 Å². The van der Waals surface area contributed by atoms with E-state index in [0.29, 0.717) is 25.9 Å². The lowest BCUT2D eigenvalue weighted by molar-refractivity contribution is -0.140. The number of rotatable bonds is 7. The molecule has 0 radical (unpaired) electrons. The molecule has 0 aromatic heterocycles. The van der Waals surface area contributed by atoms with Crippen LogP contribution in [0.1, 0.15) is 26.2 Å². The summed E-state index contributed by atoms with van der Waals surface area (Å²) in [6, 6.07) is 0. The number of ether oxygens (including phenoxy) is 1. The second-order valence-corrected chi connectivity index (χ2v) is 3.31. The molecule has 0 aromatic carbocycles. The Morgan fingerprint density at radius 3 is 2.60 bits per heavy atom. The van der Waals surface area contributed by atoms with Crippen LogP contribution in [-0.2, 0) is 14.3 Å². The molecule has 5 nitrogen and oxygen atoms in total. The Balaban J connectivity index is 3.58. The summed E-state index contributed by atoms with van der Waals surface area (Å²) in [5, 5.41) is 2.74. The summed E-state index contributed by atoms with van der Waals surface area (Å²) in [5.41, 5.74) is 5.42. The van der Waals surface area contributed by atoms with Crippen LogP contribution in [0.2, 0.25) is 0 Å². The Kier molecular flexibility index (Phi) is 7.62. The minimum atomic E-state index is -0.255. The summed E-state index contributed by atoms with van der Waals surface area (Å²) in [4.78, 5) is 22.2. The SMILES string of the molecule is CCC(CN)C(=O)NCCCC(=O)OC. The van der Waals surface area contributed by atoms with Gasteiger partial charge in [0.05, 0.1) is 7.11 Å². The summed E-state index contributed by atoms with van der Waals surface area (Å²) in [6.07, 6.45) is 1.66. The lowest BCUT2D eigenvalue weighted by Crippen LogP contribution is -2.35. The van der Waals surface area contributed by atoms with Crippen LogP contribution in [0.25, 0.3) is 0 Å². The second kappa shape index (κ2) is 8.23. The maximum atomic E-state index is 11.4. The highest BCUT2D eigenvalue weighted by Crippen LogP contribution is 1.99. The van der Waals surface area contributed by atoms with Gasteiger partial charge in [-0.1, -0.05) is 6.92 Å². The summed E-state index contributed by atoms with van der Waals surface area (Å²) >= 11 is 0. The number of carbonyl (C=O) groups is 2. The third-order valence-corrected chi connectivity index (χ3v) is 2.23. The van der Waals surface area contributed by atoms with Crippen molar-refractivity contribution in [2.24, 2.45) is 11.7 Å². The van der Waals surface area contributed by atoms with Crippen molar-refractivity contribution in [2.75, 3.05) is 20.2 Å². The minimum Gasteiger partial charge on any atom is -0.469 e. The van der Waals surface area contributed by atoms with E-state index in [2.05, 4.69) is 10.1 Å². The van der Waals surface area contributed by atoms with Gasteiger partial charge in [0.25, 0.3) is 0 Å². The van der Waals surface area contributed by atoms with Crippen molar-refractivity contribution in [3.8, 4) is 0 Å². The molecule has 3 N–H and O–H groups in total. The molecule has 15 heavy (non-hydrogen) atoms. The zero-order valence-electron chi connectivity index (χ0n) is 9.41. The van der Waals surface area contributed by atoms with Crippen LogP contribution in [-0.4, -0.2) is 32.1 Å². The number of nitrogens with two attached hydrogens (primary N) is 1. The average molecular weight is 216 g/mol. The van der Waals surface area contributed by atoms with Crippen LogP contribution in [0.15, 0.2) is 0 Å². The molecule has 1 atom stereocenters. The van der Waals surface area contributed by atoms with Crippen LogP contribution < -0.4 is 11.1 Å².